The first-order valence-corrected chi connectivity index (χ1v) is 6.09. The van der Waals surface area contributed by atoms with Crippen LogP contribution in [0.15, 0.2) is 18.2 Å². The van der Waals surface area contributed by atoms with Crippen molar-refractivity contribution in [3.8, 4) is 0 Å². The molecule has 0 amide bonds. The lowest BCUT2D eigenvalue weighted by molar-refractivity contribution is -0.137. The van der Waals surface area contributed by atoms with Crippen LogP contribution in [0, 0.1) is 0 Å². The summed E-state index contributed by atoms with van der Waals surface area (Å²) in [4.78, 5) is -0.277. The minimum Gasteiger partial charge on any atom is -0.389 e. The first kappa shape index (κ1) is 15.7. The molecule has 0 unspecified atom stereocenters. The molecule has 0 aliphatic rings. The molecule has 7 heteroatoms. The van der Waals surface area contributed by atoms with E-state index in [2.05, 4.69) is 17.5 Å². The van der Waals surface area contributed by atoms with Gasteiger partial charge in [0, 0.05) is 24.4 Å². The third-order valence-electron chi connectivity index (χ3n) is 2.37. The summed E-state index contributed by atoms with van der Waals surface area (Å²) in [7, 11) is 0. The maximum atomic E-state index is 12.7. The summed E-state index contributed by atoms with van der Waals surface area (Å²) in [6, 6.07) is 3.62. The Balaban J connectivity index is 2.88. The molecule has 1 aromatic carbocycles. The topological polar surface area (TPSA) is 47.3 Å². The maximum absolute atomic E-state index is 12.7. The molecule has 0 atom stereocenters. The predicted octanol–water partition coefficient (Wildman–Crippen LogP) is 2.79. The largest absolute Gasteiger partial charge is 0.417 e. The van der Waals surface area contributed by atoms with Gasteiger partial charge in [0.15, 0.2) is 0 Å². The number of ether oxygens (including phenoxy) is 1. The molecule has 1 aromatic rings. The van der Waals surface area contributed by atoms with Crippen molar-refractivity contribution >= 4 is 22.9 Å². The third-order valence-corrected chi connectivity index (χ3v) is 2.59. The van der Waals surface area contributed by atoms with E-state index < -0.39 is 11.7 Å². The fourth-order valence-corrected chi connectivity index (χ4v) is 1.69. The Morgan fingerprint density at radius 3 is 2.63 bits per heavy atom. The second kappa shape index (κ2) is 6.72. The molecule has 3 N–H and O–H groups in total. The molecule has 0 spiro atoms. The van der Waals surface area contributed by atoms with E-state index >= 15 is 0 Å². The van der Waals surface area contributed by atoms with E-state index in [9.17, 15) is 13.2 Å². The van der Waals surface area contributed by atoms with Crippen molar-refractivity contribution in [1.29, 1.82) is 0 Å². The number of hydrogen-bond donors (Lipinski definition) is 2. The Hall–Kier alpha value is -1.34. The van der Waals surface area contributed by atoms with Crippen LogP contribution in [0.25, 0.3) is 0 Å². The zero-order valence-electron chi connectivity index (χ0n) is 10.4. The van der Waals surface area contributed by atoms with Crippen molar-refractivity contribution in [2.75, 3.05) is 25.1 Å². The van der Waals surface area contributed by atoms with Gasteiger partial charge in [0.2, 0.25) is 0 Å². The van der Waals surface area contributed by atoms with E-state index in [1.807, 2.05) is 6.92 Å². The van der Waals surface area contributed by atoms with Crippen molar-refractivity contribution in [1.82, 2.24) is 0 Å². The Labute approximate surface area is 114 Å². The molecular weight excluding hydrogens is 277 g/mol. The third kappa shape index (κ3) is 4.68. The second-order valence-electron chi connectivity index (χ2n) is 3.75. The Kier molecular flexibility index (Phi) is 5.56. The maximum Gasteiger partial charge on any atom is 0.417 e. The highest BCUT2D eigenvalue weighted by Gasteiger charge is 2.33. The highest BCUT2D eigenvalue weighted by atomic mass is 32.1. The lowest BCUT2D eigenvalue weighted by Crippen LogP contribution is -2.18. The van der Waals surface area contributed by atoms with Gasteiger partial charge in [0.1, 0.15) is 4.99 Å². The number of nitrogens with two attached hydrogens (primary N) is 1. The summed E-state index contributed by atoms with van der Waals surface area (Å²) < 4.78 is 43.3. The monoisotopic (exact) mass is 292 g/mol. The van der Waals surface area contributed by atoms with E-state index in [1.54, 1.807) is 0 Å². The number of nitrogens with one attached hydrogen (secondary N) is 1. The molecule has 0 saturated carbocycles. The van der Waals surface area contributed by atoms with Crippen molar-refractivity contribution < 1.29 is 17.9 Å². The molecule has 0 fully saturated rings. The molecule has 0 aliphatic heterocycles. The SMILES string of the molecule is CCOCCNc1ccc(C(F)(F)F)c(C(N)=S)c1. The van der Waals surface area contributed by atoms with Gasteiger partial charge in [-0.1, -0.05) is 12.2 Å². The minimum atomic E-state index is -4.47. The average Bonchev–Trinajstić information content (AvgIpc) is 2.33. The van der Waals surface area contributed by atoms with Crippen molar-refractivity contribution in [3.63, 3.8) is 0 Å². The van der Waals surface area contributed by atoms with Crippen LogP contribution in [0.4, 0.5) is 18.9 Å². The van der Waals surface area contributed by atoms with E-state index in [-0.39, 0.29) is 10.6 Å². The van der Waals surface area contributed by atoms with E-state index in [0.29, 0.717) is 25.4 Å². The van der Waals surface area contributed by atoms with Gasteiger partial charge < -0.3 is 15.8 Å². The molecule has 0 radical (unpaired) electrons. The van der Waals surface area contributed by atoms with Gasteiger partial charge in [-0.15, -0.1) is 0 Å². The van der Waals surface area contributed by atoms with Crippen LogP contribution in [-0.2, 0) is 10.9 Å². The number of halogens is 3. The number of hydrogen-bond acceptors (Lipinski definition) is 3. The summed E-state index contributed by atoms with van der Waals surface area (Å²) in [6.45, 7) is 3.42. The quantitative estimate of drug-likeness (QED) is 0.625. The second-order valence-corrected chi connectivity index (χ2v) is 4.19. The van der Waals surface area contributed by atoms with Crippen LogP contribution in [0.5, 0.6) is 0 Å². The van der Waals surface area contributed by atoms with E-state index in [0.717, 1.165) is 6.07 Å². The van der Waals surface area contributed by atoms with E-state index in [1.165, 1.54) is 12.1 Å². The highest BCUT2D eigenvalue weighted by molar-refractivity contribution is 7.80. The summed E-state index contributed by atoms with van der Waals surface area (Å²) in [5.41, 5.74) is 4.86. The molecule has 0 bridgehead atoms. The van der Waals surface area contributed by atoms with Gasteiger partial charge in [-0.3, -0.25) is 0 Å². The number of anilines is 1. The molecule has 19 heavy (non-hydrogen) atoms. The minimum absolute atomic E-state index is 0.177. The van der Waals surface area contributed by atoms with Crippen LogP contribution in [0.3, 0.4) is 0 Å². The Morgan fingerprint density at radius 2 is 2.11 bits per heavy atom. The molecule has 0 saturated heterocycles. The van der Waals surface area contributed by atoms with Gasteiger partial charge in [-0.25, -0.2) is 0 Å². The molecule has 1 rings (SSSR count). The Bertz CT molecular complexity index is 449. The number of rotatable bonds is 6. The van der Waals surface area contributed by atoms with Gasteiger partial charge in [-0.2, -0.15) is 13.2 Å². The molecule has 0 aromatic heterocycles. The Morgan fingerprint density at radius 1 is 1.42 bits per heavy atom. The van der Waals surface area contributed by atoms with Gasteiger partial charge in [-0.05, 0) is 25.1 Å². The van der Waals surface area contributed by atoms with Crippen LogP contribution in [0.2, 0.25) is 0 Å². The fraction of sp³-hybridized carbons (Fsp3) is 0.417. The summed E-state index contributed by atoms with van der Waals surface area (Å²) in [6.07, 6.45) is -4.47. The summed E-state index contributed by atoms with van der Waals surface area (Å²) >= 11 is 4.66. The lowest BCUT2D eigenvalue weighted by atomic mass is 10.1. The number of benzene rings is 1. The molecular formula is C12H15F3N2OS. The van der Waals surface area contributed by atoms with Crippen LogP contribution >= 0.6 is 12.2 Å². The molecule has 0 aliphatic carbocycles. The van der Waals surface area contributed by atoms with Crippen molar-refractivity contribution in [2.45, 2.75) is 13.1 Å². The van der Waals surface area contributed by atoms with Gasteiger partial charge in [0.05, 0.1) is 12.2 Å². The van der Waals surface area contributed by atoms with Gasteiger partial charge >= 0.3 is 6.18 Å². The van der Waals surface area contributed by atoms with Crippen molar-refractivity contribution in [3.05, 3.63) is 29.3 Å². The first-order valence-electron chi connectivity index (χ1n) is 5.69. The zero-order valence-corrected chi connectivity index (χ0v) is 11.2. The fourth-order valence-electron chi connectivity index (χ4n) is 1.52. The summed E-state index contributed by atoms with van der Waals surface area (Å²) in [5, 5.41) is 2.95. The van der Waals surface area contributed by atoms with Crippen LogP contribution in [-0.4, -0.2) is 24.7 Å². The molecule has 106 valence electrons. The summed E-state index contributed by atoms with van der Waals surface area (Å²) in [5.74, 6) is 0. The number of thiocarbonyl (C=S) groups is 1. The average molecular weight is 292 g/mol. The lowest BCUT2D eigenvalue weighted by Gasteiger charge is -2.14. The highest BCUT2D eigenvalue weighted by Crippen LogP contribution is 2.33. The standard InChI is InChI=1S/C12H15F3N2OS/c1-2-18-6-5-17-8-3-4-10(12(13,14)15)9(7-8)11(16)19/h3-4,7,17H,2,5-6H2,1H3,(H2,16,19). The smallest absolute Gasteiger partial charge is 0.389 e. The van der Waals surface area contributed by atoms with E-state index in [4.69, 9.17) is 10.5 Å². The normalized spacial score (nSPS) is 11.4. The van der Waals surface area contributed by atoms with Crippen LogP contribution < -0.4 is 11.1 Å². The zero-order chi connectivity index (χ0) is 14.5. The first-order chi connectivity index (χ1) is 8.86. The molecule has 3 nitrogen and oxygen atoms in total. The number of alkyl halides is 3. The predicted molar refractivity (Wildman–Crippen MR) is 72.3 cm³/mol. The van der Waals surface area contributed by atoms with Gasteiger partial charge in [0.25, 0.3) is 0 Å². The molecule has 0 heterocycles. The van der Waals surface area contributed by atoms with Crippen LogP contribution in [0.1, 0.15) is 18.1 Å². The van der Waals surface area contributed by atoms with Crippen molar-refractivity contribution in [2.24, 2.45) is 5.73 Å².